The molecule has 0 radical (unpaired) electrons. The fraction of sp³-hybridized carbons (Fsp3) is 0.429. The summed E-state index contributed by atoms with van der Waals surface area (Å²) in [4.78, 5) is 22.3. The Bertz CT molecular complexity index is 353. The third kappa shape index (κ3) is 0.753. The Morgan fingerprint density at radius 2 is 2.55 bits per heavy atom. The first-order valence-corrected chi connectivity index (χ1v) is 2.95. The molecule has 1 fully saturated rings. The summed E-state index contributed by atoms with van der Waals surface area (Å²) in [6.07, 6.45) is -1.18. The highest BCUT2D eigenvalue weighted by Gasteiger charge is 2.49. The molecule has 0 aromatic carbocycles. The van der Waals surface area contributed by atoms with E-state index >= 15 is 0 Å². The summed E-state index contributed by atoms with van der Waals surface area (Å²) in [5, 5.41) is 0. The highest BCUT2D eigenvalue weighted by Crippen LogP contribution is 2.29. The van der Waals surface area contributed by atoms with Gasteiger partial charge in [0.2, 0.25) is 11.4 Å². The summed E-state index contributed by atoms with van der Waals surface area (Å²) in [5.41, 5.74) is -1.95. The molecule has 1 saturated heterocycles. The Morgan fingerprint density at radius 3 is 3.00 bits per heavy atom. The van der Waals surface area contributed by atoms with E-state index in [4.69, 9.17) is 8.85 Å². The van der Waals surface area contributed by atoms with Gasteiger partial charge in [0.05, 0.1) is 14.0 Å². The highest BCUT2D eigenvalue weighted by atomic mass is 16.6. The Labute approximate surface area is 67.0 Å². The molecule has 0 amide bonds. The lowest BCUT2D eigenvalue weighted by molar-refractivity contribution is -0.137. The van der Waals surface area contributed by atoms with Crippen molar-refractivity contribution in [1.82, 2.24) is 0 Å². The van der Waals surface area contributed by atoms with Gasteiger partial charge in [0.25, 0.3) is 0 Å². The zero-order valence-corrected chi connectivity index (χ0v) is 5.37. The molecular weight excluding hydrogens is 148 g/mol. The summed E-state index contributed by atoms with van der Waals surface area (Å²) in [7, 11) is 0. The maximum atomic E-state index is 11.4. The van der Waals surface area contributed by atoms with Crippen LogP contribution in [0.4, 0.5) is 0 Å². The Balaban J connectivity index is 2.42. The summed E-state index contributed by atoms with van der Waals surface area (Å²) < 4.78 is 31.0. The number of carbonyl (C=O) groups excluding carboxylic acids is 2. The monoisotopic (exact) mass is 157 g/mol. The number of rotatable bonds is 0. The maximum absolute atomic E-state index is 11.4. The van der Waals surface area contributed by atoms with Crippen LogP contribution in [0.1, 0.15) is 10.5 Å². The average Bonchev–Trinajstić information content (AvgIpc) is 2.49. The van der Waals surface area contributed by atoms with Crippen LogP contribution in [-0.2, 0) is 19.1 Å². The normalized spacial score (nSPS) is 52.7. The van der Waals surface area contributed by atoms with Crippen LogP contribution in [0.3, 0.4) is 0 Å². The quantitative estimate of drug-likeness (QED) is 0.456. The first kappa shape index (κ1) is 3.90. The van der Waals surface area contributed by atoms with E-state index in [0.29, 0.717) is 0 Å². The summed E-state index contributed by atoms with van der Waals surface area (Å²) in [5.74, 6) is -1.70. The van der Waals surface area contributed by atoms with Gasteiger partial charge in [-0.1, -0.05) is 0 Å². The second-order valence-corrected chi connectivity index (χ2v) is 2.22. The molecule has 0 saturated carbocycles. The molecule has 3 unspecified atom stereocenters. The van der Waals surface area contributed by atoms with Crippen LogP contribution in [0, 0.1) is 0 Å². The van der Waals surface area contributed by atoms with E-state index < -0.39 is 36.6 Å². The molecule has 1 spiro atoms. The van der Waals surface area contributed by atoms with Crippen LogP contribution in [0.5, 0.6) is 0 Å². The predicted octanol–water partition coefficient (Wildman–Crippen LogP) is -0.215. The van der Waals surface area contributed by atoms with Crippen LogP contribution in [0.2, 0.25) is 0 Å². The molecule has 0 aromatic heterocycles. The van der Waals surface area contributed by atoms with Crippen LogP contribution in [-0.4, -0.2) is 23.9 Å². The molecule has 0 aliphatic carbocycles. The number of ketones is 1. The van der Waals surface area contributed by atoms with E-state index in [-0.39, 0.29) is 0 Å². The largest absolute Gasteiger partial charge is 0.482 e. The fourth-order valence-corrected chi connectivity index (χ4v) is 0.915. The van der Waals surface area contributed by atoms with Gasteiger partial charge in [0, 0.05) is 7.45 Å². The van der Waals surface area contributed by atoms with Gasteiger partial charge in [0.1, 0.15) is 7.95 Å². The summed E-state index contributed by atoms with van der Waals surface area (Å²) in [6.45, 7) is -1.57. The minimum Gasteiger partial charge on any atom is -0.482 e. The van der Waals surface area contributed by atoms with Crippen molar-refractivity contribution in [1.29, 1.82) is 0 Å². The van der Waals surface area contributed by atoms with Crippen molar-refractivity contribution >= 4 is 11.8 Å². The third-order valence-electron chi connectivity index (χ3n) is 1.49. The minimum absolute atomic E-state index is 0.442. The molecule has 2 aliphatic rings. The topological polar surface area (TPSA) is 52.6 Å². The standard InChI is InChI=1S/C7H6O4/c8-5-1-2-11-7(5)3-6(9)10-4-7/h1-2H,3-4H2/i2D,3D,4D. The fourth-order valence-electron chi connectivity index (χ4n) is 0.915. The van der Waals surface area contributed by atoms with E-state index in [1.165, 1.54) is 0 Å². The number of hydrogen-bond acceptors (Lipinski definition) is 4. The molecule has 2 rings (SSSR count). The molecule has 11 heavy (non-hydrogen) atoms. The number of cyclic esters (lactones) is 1. The zero-order chi connectivity index (χ0) is 10.5. The van der Waals surface area contributed by atoms with Crippen molar-refractivity contribution in [3.8, 4) is 0 Å². The van der Waals surface area contributed by atoms with Crippen molar-refractivity contribution in [3.63, 3.8) is 0 Å². The SMILES string of the molecule is [2H]C1=CC(=O)C2(O1)C([2H])OC(=O)C2[2H]. The van der Waals surface area contributed by atoms with Crippen LogP contribution in [0.15, 0.2) is 12.3 Å². The van der Waals surface area contributed by atoms with Gasteiger partial charge < -0.3 is 9.47 Å². The number of carbonyl (C=O) groups is 2. The van der Waals surface area contributed by atoms with Gasteiger partial charge in [-0.25, -0.2) is 0 Å². The lowest BCUT2D eigenvalue weighted by Gasteiger charge is -2.15. The Hall–Kier alpha value is -1.32. The zero-order valence-electron chi connectivity index (χ0n) is 8.37. The molecule has 0 N–H and O–H groups in total. The molecule has 4 heteroatoms. The molecule has 0 bridgehead atoms. The van der Waals surface area contributed by atoms with Crippen molar-refractivity contribution in [2.75, 3.05) is 6.58 Å². The second kappa shape index (κ2) is 1.84. The predicted molar refractivity (Wildman–Crippen MR) is 33.5 cm³/mol. The van der Waals surface area contributed by atoms with E-state index in [1.54, 1.807) is 0 Å². The lowest BCUT2D eigenvalue weighted by Crippen LogP contribution is -2.36. The highest BCUT2D eigenvalue weighted by molar-refractivity contribution is 6.02. The van der Waals surface area contributed by atoms with Crippen LogP contribution in [0.25, 0.3) is 0 Å². The van der Waals surface area contributed by atoms with Gasteiger partial charge in [-0.3, -0.25) is 9.59 Å². The molecule has 58 valence electrons. The van der Waals surface area contributed by atoms with Crippen molar-refractivity contribution in [2.45, 2.75) is 12.0 Å². The van der Waals surface area contributed by atoms with Crippen LogP contribution < -0.4 is 0 Å². The van der Waals surface area contributed by atoms with Crippen molar-refractivity contribution < 1.29 is 23.2 Å². The summed E-state index contributed by atoms with van der Waals surface area (Å²) >= 11 is 0. The number of esters is 1. The minimum atomic E-state index is -1.95. The van der Waals surface area contributed by atoms with E-state index in [9.17, 15) is 9.59 Å². The Kier molecular flexibility index (Phi) is 0.652. The van der Waals surface area contributed by atoms with Gasteiger partial charge in [0.15, 0.2) is 0 Å². The third-order valence-corrected chi connectivity index (χ3v) is 1.49. The van der Waals surface area contributed by atoms with Gasteiger partial charge >= 0.3 is 5.97 Å². The first-order valence-electron chi connectivity index (χ1n) is 4.60. The lowest BCUT2D eigenvalue weighted by atomic mass is 9.99. The molecule has 2 heterocycles. The number of ether oxygens (including phenoxy) is 2. The van der Waals surface area contributed by atoms with Gasteiger partial charge in [-0.15, -0.1) is 0 Å². The van der Waals surface area contributed by atoms with E-state index in [2.05, 4.69) is 4.74 Å². The summed E-state index contributed by atoms with van der Waals surface area (Å²) in [6, 6.07) is 0. The smallest absolute Gasteiger partial charge is 0.310 e. The first-order chi connectivity index (χ1) is 6.48. The molecule has 4 nitrogen and oxygen atoms in total. The molecule has 2 aliphatic heterocycles. The molecule has 0 aromatic rings. The second-order valence-electron chi connectivity index (χ2n) is 2.22. The van der Waals surface area contributed by atoms with Gasteiger partial charge in [-0.05, 0) is 0 Å². The van der Waals surface area contributed by atoms with E-state index in [1.807, 2.05) is 0 Å². The molecular formula is C7H6O4. The van der Waals surface area contributed by atoms with Crippen molar-refractivity contribution in [2.24, 2.45) is 0 Å². The Morgan fingerprint density at radius 1 is 1.73 bits per heavy atom. The van der Waals surface area contributed by atoms with Gasteiger partial charge in [-0.2, -0.15) is 0 Å². The maximum Gasteiger partial charge on any atom is 0.310 e. The number of hydrogen-bond donors (Lipinski definition) is 0. The molecule has 3 atom stereocenters. The van der Waals surface area contributed by atoms with Crippen molar-refractivity contribution in [3.05, 3.63) is 12.3 Å². The van der Waals surface area contributed by atoms with Crippen LogP contribution >= 0.6 is 0 Å². The average molecular weight is 157 g/mol. The van der Waals surface area contributed by atoms with E-state index in [0.717, 1.165) is 6.08 Å².